The predicted octanol–water partition coefficient (Wildman–Crippen LogP) is 1.20. The molecule has 0 fully saturated rings. The summed E-state index contributed by atoms with van der Waals surface area (Å²) in [5.41, 5.74) is -0.826. The van der Waals surface area contributed by atoms with Crippen LogP contribution in [0.5, 0.6) is 0 Å². The van der Waals surface area contributed by atoms with E-state index in [9.17, 15) is 14.4 Å². The molecule has 0 bridgehead atoms. The van der Waals surface area contributed by atoms with Crippen molar-refractivity contribution in [3.8, 4) is 0 Å². The molecule has 0 spiro atoms. The van der Waals surface area contributed by atoms with Gasteiger partial charge in [0.1, 0.15) is 0 Å². The van der Waals surface area contributed by atoms with Gasteiger partial charge in [0, 0.05) is 6.61 Å². The van der Waals surface area contributed by atoms with Crippen molar-refractivity contribution in [3.63, 3.8) is 0 Å². The van der Waals surface area contributed by atoms with Gasteiger partial charge in [-0.3, -0.25) is 9.59 Å². The van der Waals surface area contributed by atoms with E-state index in [1.165, 1.54) is 0 Å². The van der Waals surface area contributed by atoms with E-state index in [4.69, 9.17) is 34.4 Å². The van der Waals surface area contributed by atoms with Crippen LogP contribution in [0, 0.1) is 5.41 Å². The van der Waals surface area contributed by atoms with Crippen LogP contribution in [0.3, 0.4) is 0 Å². The Hall–Kier alpha value is -1.79. The highest BCUT2D eigenvalue weighted by Crippen LogP contribution is 2.21. The lowest BCUT2D eigenvalue weighted by atomic mass is 9.92. The summed E-state index contributed by atoms with van der Waals surface area (Å²) in [6.07, 6.45) is 1.28. The molecule has 11 nitrogen and oxygen atoms in total. The van der Waals surface area contributed by atoms with Crippen molar-refractivity contribution < 1.29 is 53.7 Å². The Morgan fingerprint density at radius 2 is 1.14 bits per heavy atom. The number of aliphatic carboxylic acids is 2. The Bertz CT molecular complexity index is 445. The van der Waals surface area contributed by atoms with Crippen LogP contribution in [0.2, 0.25) is 0 Å². The number of carboxylic acid groups (broad SMARTS) is 2. The molecular formula is C18H32O11. The molecule has 0 atom stereocenters. The molecule has 0 rings (SSSR count). The van der Waals surface area contributed by atoms with Gasteiger partial charge in [0.05, 0.1) is 70.9 Å². The van der Waals surface area contributed by atoms with Gasteiger partial charge in [0.2, 0.25) is 0 Å². The molecule has 0 aliphatic rings. The average molecular weight is 424 g/mol. The van der Waals surface area contributed by atoms with Gasteiger partial charge in [-0.25, -0.2) is 4.79 Å². The maximum absolute atomic E-state index is 11.0. The molecule has 0 heterocycles. The van der Waals surface area contributed by atoms with Crippen molar-refractivity contribution in [1.29, 1.82) is 0 Å². The normalized spacial score (nSPS) is 11.4. The molecule has 0 aromatic heterocycles. The molecular weight excluding hydrogens is 392 g/mol. The summed E-state index contributed by atoms with van der Waals surface area (Å²) >= 11 is 0. The summed E-state index contributed by atoms with van der Waals surface area (Å²) in [6, 6.07) is 0. The number of ether oxygens (including phenoxy) is 4. The van der Waals surface area contributed by atoms with Crippen molar-refractivity contribution in [2.45, 2.75) is 39.0 Å². The van der Waals surface area contributed by atoms with Crippen molar-refractivity contribution in [2.75, 3.05) is 52.9 Å². The van der Waals surface area contributed by atoms with Crippen LogP contribution in [-0.4, -0.2) is 86.2 Å². The minimum Gasteiger partial charge on any atom is -0.481 e. The molecule has 11 heteroatoms. The van der Waals surface area contributed by atoms with Gasteiger partial charge >= 0.3 is 17.9 Å². The second-order valence-corrected chi connectivity index (χ2v) is 6.56. The van der Waals surface area contributed by atoms with Crippen LogP contribution in [0.1, 0.15) is 39.0 Å². The third-order valence-electron chi connectivity index (χ3n) is 3.75. The summed E-state index contributed by atoms with van der Waals surface area (Å²) in [7, 11) is 0. The standard InChI is InChI=1S/C18H32O11/c1-2-3-7-25-11-18(12-26-8-4-15(19)20,13-27-9-5-16(21)22)14-28-10-6-17(23)29-24/h24H,2-14H2,1H3,(H,19,20)(H,21,22). The van der Waals surface area contributed by atoms with Crippen molar-refractivity contribution in [3.05, 3.63) is 0 Å². The summed E-state index contributed by atoms with van der Waals surface area (Å²) in [4.78, 5) is 35.9. The number of carbonyl (C=O) groups is 3. The molecule has 0 aromatic carbocycles. The number of carboxylic acids is 2. The Morgan fingerprint density at radius 1 is 0.724 bits per heavy atom. The molecule has 0 saturated carbocycles. The number of unbranched alkanes of at least 4 members (excludes halogenated alkanes) is 1. The smallest absolute Gasteiger partial charge is 0.344 e. The van der Waals surface area contributed by atoms with Gasteiger partial charge < -0.3 is 34.0 Å². The molecule has 3 N–H and O–H groups in total. The van der Waals surface area contributed by atoms with E-state index in [-0.39, 0.29) is 65.5 Å². The van der Waals surface area contributed by atoms with Crippen LogP contribution in [-0.2, 0) is 38.2 Å². The highest BCUT2D eigenvalue weighted by Gasteiger charge is 2.33. The van der Waals surface area contributed by atoms with Crippen LogP contribution in [0.25, 0.3) is 0 Å². The Labute approximate surface area is 169 Å². The van der Waals surface area contributed by atoms with E-state index in [1.807, 2.05) is 6.92 Å². The van der Waals surface area contributed by atoms with Gasteiger partial charge in [0.15, 0.2) is 0 Å². The Balaban J connectivity index is 4.89. The van der Waals surface area contributed by atoms with E-state index >= 15 is 0 Å². The van der Waals surface area contributed by atoms with E-state index in [0.29, 0.717) is 6.61 Å². The van der Waals surface area contributed by atoms with E-state index < -0.39 is 23.3 Å². The lowest BCUT2D eigenvalue weighted by Gasteiger charge is -2.33. The highest BCUT2D eigenvalue weighted by atomic mass is 17.1. The third-order valence-corrected chi connectivity index (χ3v) is 3.75. The zero-order chi connectivity index (χ0) is 22.0. The first-order valence-electron chi connectivity index (χ1n) is 9.44. The molecule has 29 heavy (non-hydrogen) atoms. The molecule has 0 radical (unpaired) electrons. The third kappa shape index (κ3) is 15.8. The van der Waals surface area contributed by atoms with Crippen molar-refractivity contribution >= 4 is 17.9 Å². The quantitative estimate of drug-likeness (QED) is 0.146. The van der Waals surface area contributed by atoms with Gasteiger partial charge in [-0.15, -0.1) is 0 Å². The number of rotatable bonds is 20. The molecule has 170 valence electrons. The minimum atomic E-state index is -0.994. The Morgan fingerprint density at radius 3 is 1.52 bits per heavy atom. The van der Waals surface area contributed by atoms with Crippen LogP contribution >= 0.6 is 0 Å². The molecule has 0 saturated heterocycles. The number of hydrogen-bond acceptors (Lipinski definition) is 9. The zero-order valence-corrected chi connectivity index (χ0v) is 16.8. The second kappa shape index (κ2) is 17.1. The zero-order valence-electron chi connectivity index (χ0n) is 16.8. The van der Waals surface area contributed by atoms with Gasteiger partial charge in [0.25, 0.3) is 0 Å². The fraction of sp³-hybridized carbons (Fsp3) is 0.833. The lowest BCUT2D eigenvalue weighted by molar-refractivity contribution is -0.235. The maximum Gasteiger partial charge on any atom is 0.344 e. The first-order valence-corrected chi connectivity index (χ1v) is 9.44. The minimum absolute atomic E-state index is 0.0159. The van der Waals surface area contributed by atoms with Gasteiger partial charge in [-0.2, -0.15) is 5.26 Å². The number of hydrogen-bond donors (Lipinski definition) is 3. The van der Waals surface area contributed by atoms with E-state index in [1.54, 1.807) is 0 Å². The summed E-state index contributed by atoms with van der Waals surface area (Å²) in [5.74, 6) is -2.83. The average Bonchev–Trinajstić information content (AvgIpc) is 2.68. The lowest BCUT2D eigenvalue weighted by Crippen LogP contribution is -2.42. The highest BCUT2D eigenvalue weighted by molar-refractivity contribution is 5.68. The summed E-state index contributed by atoms with van der Waals surface area (Å²) < 4.78 is 22.1. The molecule has 0 unspecified atom stereocenters. The van der Waals surface area contributed by atoms with E-state index in [2.05, 4.69) is 4.89 Å². The van der Waals surface area contributed by atoms with Gasteiger partial charge in [-0.05, 0) is 6.42 Å². The monoisotopic (exact) mass is 424 g/mol. The SMILES string of the molecule is CCCCOCC(COCCC(=O)O)(COCCC(=O)O)COCCC(=O)OO. The maximum atomic E-state index is 11.0. The number of carbonyl (C=O) groups excluding carboxylic acids is 1. The topological polar surface area (TPSA) is 158 Å². The molecule has 0 aliphatic heterocycles. The molecule has 0 aromatic rings. The fourth-order valence-corrected chi connectivity index (χ4v) is 2.17. The first kappa shape index (κ1) is 27.2. The summed E-state index contributed by atoms with van der Waals surface area (Å²) in [5, 5.41) is 25.8. The van der Waals surface area contributed by atoms with Crippen LogP contribution in [0.4, 0.5) is 0 Å². The second-order valence-electron chi connectivity index (χ2n) is 6.56. The van der Waals surface area contributed by atoms with Crippen molar-refractivity contribution in [2.24, 2.45) is 5.41 Å². The van der Waals surface area contributed by atoms with Gasteiger partial charge in [-0.1, -0.05) is 13.3 Å². The molecule has 0 aliphatic carbocycles. The van der Waals surface area contributed by atoms with Crippen LogP contribution in [0.15, 0.2) is 0 Å². The Kier molecular flexibility index (Phi) is 16.0. The predicted molar refractivity (Wildman–Crippen MR) is 98.5 cm³/mol. The fourth-order valence-electron chi connectivity index (χ4n) is 2.17. The van der Waals surface area contributed by atoms with Crippen molar-refractivity contribution in [1.82, 2.24) is 0 Å². The van der Waals surface area contributed by atoms with E-state index in [0.717, 1.165) is 12.8 Å². The largest absolute Gasteiger partial charge is 0.481 e. The first-order chi connectivity index (χ1) is 13.8. The molecule has 0 amide bonds. The van der Waals surface area contributed by atoms with Crippen LogP contribution < -0.4 is 0 Å². The summed E-state index contributed by atoms with van der Waals surface area (Å²) in [6.45, 7) is 2.81.